The standard InChI is InChI=1S/C36H40F2N6O3/c1-47-36(46)39-22-33(45)44-16-6-10-32(44)35-40-29-12-11-25(19-30(29)41-35)31-9-5-15-43(31)26-20-27(37)34(28(38)21-26)42-17-13-24(14-18-42)23-7-3-2-4-8-23/h2-4,7-8,11-12,19-21,24,31-32H,5-6,9-10,13-18,22H2,1H3,(H,39,46)(H,40,41)/t31-,32+/m1/s1. The Bertz CT molecular complexity index is 1730. The molecule has 2 atom stereocenters. The number of aromatic amines is 1. The second-order valence-corrected chi connectivity index (χ2v) is 12.8. The number of nitrogens with zero attached hydrogens (tertiary/aromatic N) is 4. The molecule has 47 heavy (non-hydrogen) atoms. The molecule has 3 aliphatic rings. The lowest BCUT2D eigenvalue weighted by Gasteiger charge is -2.35. The van der Waals surface area contributed by atoms with E-state index in [1.807, 2.05) is 35.2 Å². The van der Waals surface area contributed by atoms with Gasteiger partial charge in [-0.1, -0.05) is 36.4 Å². The van der Waals surface area contributed by atoms with Gasteiger partial charge in [-0.05, 0) is 79.8 Å². The van der Waals surface area contributed by atoms with Gasteiger partial charge in [-0.3, -0.25) is 4.79 Å². The molecule has 1 aromatic heterocycles. The topological polar surface area (TPSA) is 93.8 Å². The number of hydrogen-bond acceptors (Lipinski definition) is 6. The number of alkyl carbamates (subject to hydrolysis) is 1. The zero-order valence-corrected chi connectivity index (χ0v) is 26.6. The van der Waals surface area contributed by atoms with E-state index in [2.05, 4.69) is 38.1 Å². The Morgan fingerprint density at radius 3 is 2.36 bits per heavy atom. The van der Waals surface area contributed by atoms with Crippen LogP contribution in [0.4, 0.5) is 25.0 Å². The average Bonchev–Trinajstić information content (AvgIpc) is 3.87. The van der Waals surface area contributed by atoms with E-state index < -0.39 is 17.7 Å². The van der Waals surface area contributed by atoms with Crippen molar-refractivity contribution in [3.63, 3.8) is 0 Å². The summed E-state index contributed by atoms with van der Waals surface area (Å²) in [7, 11) is 1.26. The summed E-state index contributed by atoms with van der Waals surface area (Å²) in [5, 5.41) is 2.46. The van der Waals surface area contributed by atoms with E-state index in [9.17, 15) is 9.59 Å². The maximum absolute atomic E-state index is 15.7. The number of imidazole rings is 1. The Morgan fingerprint density at radius 1 is 0.894 bits per heavy atom. The molecule has 3 aliphatic heterocycles. The maximum Gasteiger partial charge on any atom is 0.407 e. The molecule has 0 saturated carbocycles. The second kappa shape index (κ2) is 13.2. The zero-order chi connectivity index (χ0) is 32.5. The molecule has 9 nitrogen and oxygen atoms in total. The Morgan fingerprint density at radius 2 is 1.62 bits per heavy atom. The molecule has 3 fully saturated rings. The van der Waals surface area contributed by atoms with Crippen molar-refractivity contribution in [2.45, 2.75) is 56.5 Å². The summed E-state index contributed by atoms with van der Waals surface area (Å²) in [6.45, 7) is 2.38. The first-order valence-electron chi connectivity index (χ1n) is 16.6. The highest BCUT2D eigenvalue weighted by atomic mass is 19.1. The third-order valence-corrected chi connectivity index (χ3v) is 10.0. The average molecular weight is 643 g/mol. The van der Waals surface area contributed by atoms with Crippen LogP contribution in [0, 0.1) is 11.6 Å². The first-order chi connectivity index (χ1) is 22.9. The quantitative estimate of drug-likeness (QED) is 0.237. The lowest BCUT2D eigenvalue weighted by atomic mass is 9.89. The molecule has 0 unspecified atom stereocenters. The van der Waals surface area contributed by atoms with E-state index in [4.69, 9.17) is 4.98 Å². The minimum atomic E-state index is -0.646. The van der Waals surface area contributed by atoms with E-state index in [1.54, 1.807) is 4.90 Å². The smallest absolute Gasteiger partial charge is 0.407 e. The molecule has 0 radical (unpaired) electrons. The first kappa shape index (κ1) is 31.0. The van der Waals surface area contributed by atoms with E-state index in [1.165, 1.54) is 24.8 Å². The van der Waals surface area contributed by atoms with Gasteiger partial charge in [0.2, 0.25) is 5.91 Å². The van der Waals surface area contributed by atoms with Gasteiger partial charge in [0.25, 0.3) is 0 Å². The van der Waals surface area contributed by atoms with Crippen LogP contribution in [0.5, 0.6) is 0 Å². The van der Waals surface area contributed by atoms with Crippen molar-refractivity contribution < 1.29 is 23.1 Å². The molecule has 0 aliphatic carbocycles. The molecule has 3 saturated heterocycles. The van der Waals surface area contributed by atoms with Crippen molar-refractivity contribution in [3.05, 3.63) is 89.2 Å². The van der Waals surface area contributed by atoms with Crippen LogP contribution < -0.4 is 15.1 Å². The van der Waals surface area contributed by atoms with Gasteiger partial charge in [-0.2, -0.15) is 0 Å². The number of halogens is 2. The molecule has 0 bridgehead atoms. The summed E-state index contributed by atoms with van der Waals surface area (Å²) in [6.07, 6.45) is 4.45. The maximum atomic E-state index is 15.7. The number of amides is 2. The monoisotopic (exact) mass is 642 g/mol. The molecule has 11 heteroatoms. The van der Waals surface area contributed by atoms with Crippen LogP contribution in [0.2, 0.25) is 0 Å². The number of piperidine rings is 1. The van der Waals surface area contributed by atoms with E-state index in [0.717, 1.165) is 55.1 Å². The molecule has 246 valence electrons. The Balaban J connectivity index is 1.06. The number of fused-ring (bicyclic) bond motifs is 1. The predicted octanol–water partition coefficient (Wildman–Crippen LogP) is 6.59. The first-order valence-corrected chi connectivity index (χ1v) is 16.6. The van der Waals surface area contributed by atoms with Gasteiger partial charge in [0.1, 0.15) is 18.1 Å². The number of benzene rings is 3. The highest BCUT2D eigenvalue weighted by molar-refractivity contribution is 5.83. The Labute approximate surface area is 272 Å². The van der Waals surface area contributed by atoms with Gasteiger partial charge in [0.15, 0.2) is 11.6 Å². The van der Waals surface area contributed by atoms with Crippen molar-refractivity contribution in [3.8, 4) is 0 Å². The van der Waals surface area contributed by atoms with Crippen LogP contribution in [-0.2, 0) is 9.53 Å². The second-order valence-electron chi connectivity index (χ2n) is 12.8. The summed E-state index contributed by atoms with van der Waals surface area (Å²) >= 11 is 0. The molecule has 2 N–H and O–H groups in total. The van der Waals surface area contributed by atoms with Crippen LogP contribution in [-0.4, -0.2) is 66.7 Å². The lowest BCUT2D eigenvalue weighted by Crippen LogP contribution is -2.40. The normalized spacial score (nSPS) is 20.3. The van der Waals surface area contributed by atoms with E-state index >= 15 is 8.78 Å². The number of aromatic nitrogens is 2. The number of anilines is 2. The number of rotatable bonds is 7. The number of hydrogen-bond donors (Lipinski definition) is 2. The highest BCUT2D eigenvalue weighted by Gasteiger charge is 2.33. The summed E-state index contributed by atoms with van der Waals surface area (Å²) < 4.78 is 35.9. The molecular weight excluding hydrogens is 602 g/mol. The molecule has 0 spiro atoms. The predicted molar refractivity (Wildman–Crippen MR) is 176 cm³/mol. The minimum absolute atomic E-state index is 0.0358. The van der Waals surface area contributed by atoms with Crippen LogP contribution in [0.1, 0.15) is 73.5 Å². The number of carbonyl (C=O) groups excluding carboxylic acids is 2. The minimum Gasteiger partial charge on any atom is -0.453 e. The van der Waals surface area contributed by atoms with Gasteiger partial charge in [-0.25, -0.2) is 18.6 Å². The van der Waals surface area contributed by atoms with Crippen LogP contribution in [0.3, 0.4) is 0 Å². The number of carbonyl (C=O) groups is 2. The Hall–Kier alpha value is -4.67. The van der Waals surface area contributed by atoms with Crippen molar-refractivity contribution >= 4 is 34.4 Å². The largest absolute Gasteiger partial charge is 0.453 e. The molecule has 4 heterocycles. The molecule has 7 rings (SSSR count). The van der Waals surface area contributed by atoms with Gasteiger partial charge >= 0.3 is 6.09 Å². The van der Waals surface area contributed by atoms with Crippen LogP contribution in [0.25, 0.3) is 11.0 Å². The molecular formula is C36H40F2N6O3. The zero-order valence-electron chi connectivity index (χ0n) is 26.6. The van der Waals surface area contributed by atoms with Gasteiger partial charge < -0.3 is 29.7 Å². The number of nitrogens with one attached hydrogen (secondary N) is 2. The molecule has 4 aromatic rings. The van der Waals surface area contributed by atoms with Gasteiger partial charge in [0, 0.05) is 31.9 Å². The van der Waals surface area contributed by atoms with Crippen molar-refractivity contribution in [1.29, 1.82) is 0 Å². The Kier molecular flexibility index (Phi) is 8.70. The summed E-state index contributed by atoms with van der Waals surface area (Å²) in [4.78, 5) is 38.2. The summed E-state index contributed by atoms with van der Waals surface area (Å²) in [5.74, 6) is -0.120. The lowest BCUT2D eigenvalue weighted by molar-refractivity contribution is -0.131. The SMILES string of the molecule is COC(=O)NCC(=O)N1CCC[C@H]1c1nc2ccc([C@H]3CCCN3c3cc(F)c(N4CCC(c5ccccc5)CC4)c(F)c3)cc2[nH]1. The summed E-state index contributed by atoms with van der Waals surface area (Å²) in [5.41, 5.74) is 4.59. The third kappa shape index (κ3) is 6.23. The van der Waals surface area contributed by atoms with Gasteiger partial charge in [0.05, 0.1) is 30.2 Å². The van der Waals surface area contributed by atoms with Gasteiger partial charge in [-0.15, -0.1) is 0 Å². The van der Waals surface area contributed by atoms with Crippen molar-refractivity contribution in [1.82, 2.24) is 20.2 Å². The van der Waals surface area contributed by atoms with E-state index in [-0.39, 0.29) is 30.2 Å². The fourth-order valence-electron chi connectivity index (χ4n) is 7.69. The van der Waals surface area contributed by atoms with Crippen LogP contribution in [0.15, 0.2) is 60.7 Å². The van der Waals surface area contributed by atoms with Crippen LogP contribution >= 0.6 is 0 Å². The number of likely N-dealkylation sites (tertiary alicyclic amines) is 1. The number of methoxy groups -OCH3 is 1. The molecule has 3 aromatic carbocycles. The molecule has 2 amide bonds. The fraction of sp³-hybridized carbons (Fsp3) is 0.417. The number of H-pyrrole nitrogens is 1. The third-order valence-electron chi connectivity index (χ3n) is 10.0. The number of ether oxygens (including phenoxy) is 1. The fourth-order valence-corrected chi connectivity index (χ4v) is 7.69. The van der Waals surface area contributed by atoms with Crippen molar-refractivity contribution in [2.75, 3.05) is 49.6 Å². The van der Waals surface area contributed by atoms with E-state index in [0.29, 0.717) is 43.6 Å². The van der Waals surface area contributed by atoms with Crippen molar-refractivity contribution in [2.24, 2.45) is 0 Å². The summed E-state index contributed by atoms with van der Waals surface area (Å²) in [6, 6.07) is 19.1. The highest BCUT2D eigenvalue weighted by Crippen LogP contribution is 2.41.